The van der Waals surface area contributed by atoms with Gasteiger partial charge in [0.1, 0.15) is 6.04 Å². The highest BCUT2D eigenvalue weighted by Crippen LogP contribution is 2.37. The highest BCUT2D eigenvalue weighted by Gasteiger charge is 2.35. The van der Waals surface area contributed by atoms with Crippen molar-refractivity contribution in [3.8, 4) is 0 Å². The van der Waals surface area contributed by atoms with Gasteiger partial charge < -0.3 is 15.0 Å². The molecule has 3 atom stereocenters. The number of carbonyl (C=O) groups excluding carboxylic acids is 1. The zero-order valence-electron chi connectivity index (χ0n) is 10.9. The molecule has 2 fully saturated rings. The van der Waals surface area contributed by atoms with Crippen molar-refractivity contribution < 1.29 is 9.53 Å². The molecule has 0 bridgehead atoms. The lowest BCUT2D eigenvalue weighted by atomic mass is 10.0. The van der Waals surface area contributed by atoms with Crippen molar-refractivity contribution in [2.75, 3.05) is 33.8 Å². The third-order valence-corrected chi connectivity index (χ3v) is 4.37. The Balaban J connectivity index is 1.73. The van der Waals surface area contributed by atoms with Gasteiger partial charge in [0.2, 0.25) is 0 Å². The number of esters is 1. The maximum atomic E-state index is 11.4. The van der Waals surface area contributed by atoms with Crippen molar-refractivity contribution >= 4 is 5.97 Å². The number of nitrogens with one attached hydrogen (secondary N) is 1. The van der Waals surface area contributed by atoms with Crippen LogP contribution in [0.4, 0.5) is 0 Å². The Morgan fingerprint density at radius 1 is 1.41 bits per heavy atom. The monoisotopic (exact) mass is 240 g/mol. The van der Waals surface area contributed by atoms with Gasteiger partial charge in [-0.2, -0.15) is 0 Å². The number of carbonyl (C=O) groups is 1. The molecule has 0 amide bonds. The molecule has 0 spiro atoms. The van der Waals surface area contributed by atoms with Crippen LogP contribution in [0.15, 0.2) is 0 Å². The van der Waals surface area contributed by atoms with Gasteiger partial charge in [0.05, 0.1) is 7.11 Å². The average Bonchev–Trinajstić information content (AvgIpc) is 2.89. The first-order valence-corrected chi connectivity index (χ1v) is 6.72. The van der Waals surface area contributed by atoms with Crippen LogP contribution in [0, 0.1) is 11.8 Å². The van der Waals surface area contributed by atoms with Gasteiger partial charge in [0.25, 0.3) is 0 Å². The molecule has 1 saturated heterocycles. The molecule has 1 saturated carbocycles. The minimum absolute atomic E-state index is 0.146. The van der Waals surface area contributed by atoms with Gasteiger partial charge in [0, 0.05) is 19.6 Å². The van der Waals surface area contributed by atoms with E-state index in [1.54, 1.807) is 0 Å². The second kappa shape index (κ2) is 5.83. The standard InChI is InChI=1S/C13H24N2O2/c1-14-12(13(16)17-2)6-7-15-8-10-4-3-5-11(10)9-15/h10-12,14H,3-9H2,1-2H3. The van der Waals surface area contributed by atoms with Gasteiger partial charge in [-0.05, 0) is 38.1 Å². The van der Waals surface area contributed by atoms with E-state index in [1.165, 1.54) is 39.5 Å². The van der Waals surface area contributed by atoms with Gasteiger partial charge >= 0.3 is 5.97 Å². The fraction of sp³-hybridized carbons (Fsp3) is 0.923. The van der Waals surface area contributed by atoms with Crippen molar-refractivity contribution in [3.63, 3.8) is 0 Å². The van der Waals surface area contributed by atoms with E-state index < -0.39 is 0 Å². The number of hydrogen-bond acceptors (Lipinski definition) is 4. The van der Waals surface area contributed by atoms with Crippen LogP contribution in [-0.4, -0.2) is 50.7 Å². The quantitative estimate of drug-likeness (QED) is 0.724. The first-order valence-electron chi connectivity index (χ1n) is 6.72. The first kappa shape index (κ1) is 12.8. The zero-order chi connectivity index (χ0) is 12.3. The van der Waals surface area contributed by atoms with Crippen LogP contribution < -0.4 is 5.32 Å². The molecule has 17 heavy (non-hydrogen) atoms. The molecule has 4 heteroatoms. The van der Waals surface area contributed by atoms with E-state index >= 15 is 0 Å². The van der Waals surface area contributed by atoms with Gasteiger partial charge in [-0.15, -0.1) is 0 Å². The molecular formula is C13H24N2O2. The molecule has 3 unspecified atom stereocenters. The summed E-state index contributed by atoms with van der Waals surface area (Å²) in [7, 11) is 3.27. The number of nitrogens with zero attached hydrogens (tertiary/aromatic N) is 1. The molecule has 0 aromatic heterocycles. The minimum atomic E-state index is -0.152. The smallest absolute Gasteiger partial charge is 0.322 e. The molecule has 1 N–H and O–H groups in total. The van der Waals surface area contributed by atoms with E-state index in [0.29, 0.717) is 0 Å². The van der Waals surface area contributed by atoms with E-state index in [4.69, 9.17) is 4.74 Å². The Kier molecular flexibility index (Phi) is 4.40. The van der Waals surface area contributed by atoms with Crippen LogP contribution in [0.25, 0.3) is 0 Å². The Hall–Kier alpha value is -0.610. The zero-order valence-corrected chi connectivity index (χ0v) is 10.9. The SMILES string of the molecule is CNC(CCN1CC2CCCC2C1)C(=O)OC. The van der Waals surface area contributed by atoms with Crippen LogP contribution in [-0.2, 0) is 9.53 Å². The molecule has 0 aromatic carbocycles. The number of ether oxygens (including phenoxy) is 1. The van der Waals surface area contributed by atoms with E-state index in [0.717, 1.165) is 24.8 Å². The Morgan fingerprint density at radius 2 is 2.06 bits per heavy atom. The fourth-order valence-corrected chi connectivity index (χ4v) is 3.35. The highest BCUT2D eigenvalue weighted by atomic mass is 16.5. The Morgan fingerprint density at radius 3 is 2.59 bits per heavy atom. The largest absolute Gasteiger partial charge is 0.468 e. The van der Waals surface area contributed by atoms with Gasteiger partial charge in [-0.25, -0.2) is 0 Å². The Bertz CT molecular complexity index is 258. The Labute approximate surface area is 104 Å². The second-order valence-corrected chi connectivity index (χ2v) is 5.36. The molecule has 98 valence electrons. The summed E-state index contributed by atoms with van der Waals surface area (Å²) < 4.78 is 4.77. The van der Waals surface area contributed by atoms with E-state index in [1.807, 2.05) is 7.05 Å². The summed E-state index contributed by atoms with van der Waals surface area (Å²) in [4.78, 5) is 14.0. The van der Waals surface area contributed by atoms with E-state index in [-0.39, 0.29) is 12.0 Å². The number of methoxy groups -OCH3 is 1. The predicted molar refractivity (Wildman–Crippen MR) is 66.8 cm³/mol. The summed E-state index contributed by atoms with van der Waals surface area (Å²) in [5, 5.41) is 3.03. The van der Waals surface area contributed by atoms with Crippen LogP contribution >= 0.6 is 0 Å². The summed E-state index contributed by atoms with van der Waals surface area (Å²) in [6.45, 7) is 3.48. The normalized spacial score (nSPS) is 30.2. The maximum Gasteiger partial charge on any atom is 0.322 e. The molecule has 0 radical (unpaired) electrons. The summed E-state index contributed by atoms with van der Waals surface area (Å²) in [6, 6.07) is -0.152. The molecular weight excluding hydrogens is 216 g/mol. The highest BCUT2D eigenvalue weighted by molar-refractivity contribution is 5.75. The first-order chi connectivity index (χ1) is 8.24. The number of rotatable bonds is 5. The van der Waals surface area contributed by atoms with Gasteiger partial charge in [0.15, 0.2) is 0 Å². The fourth-order valence-electron chi connectivity index (χ4n) is 3.35. The molecule has 2 rings (SSSR count). The van der Waals surface area contributed by atoms with Crippen LogP contribution in [0.2, 0.25) is 0 Å². The van der Waals surface area contributed by atoms with Crippen LogP contribution in [0.1, 0.15) is 25.7 Å². The molecule has 0 aromatic rings. The molecule has 1 heterocycles. The lowest BCUT2D eigenvalue weighted by Gasteiger charge is -2.20. The summed E-state index contributed by atoms with van der Waals surface area (Å²) in [5.74, 6) is 1.72. The van der Waals surface area contributed by atoms with Crippen molar-refractivity contribution in [2.24, 2.45) is 11.8 Å². The average molecular weight is 240 g/mol. The van der Waals surface area contributed by atoms with Gasteiger partial charge in [-0.3, -0.25) is 4.79 Å². The second-order valence-electron chi connectivity index (χ2n) is 5.36. The third kappa shape index (κ3) is 2.99. The number of hydrogen-bond donors (Lipinski definition) is 1. The van der Waals surface area contributed by atoms with Crippen molar-refractivity contribution in [2.45, 2.75) is 31.7 Å². The maximum absolute atomic E-state index is 11.4. The van der Waals surface area contributed by atoms with Crippen LogP contribution in [0.3, 0.4) is 0 Å². The van der Waals surface area contributed by atoms with Gasteiger partial charge in [-0.1, -0.05) is 6.42 Å². The third-order valence-electron chi connectivity index (χ3n) is 4.37. The lowest BCUT2D eigenvalue weighted by molar-refractivity contribution is -0.143. The van der Waals surface area contributed by atoms with E-state index in [9.17, 15) is 4.79 Å². The summed E-state index contributed by atoms with van der Waals surface area (Å²) in [5.41, 5.74) is 0. The number of likely N-dealkylation sites (tertiary alicyclic amines) is 1. The molecule has 1 aliphatic carbocycles. The van der Waals surface area contributed by atoms with E-state index in [2.05, 4.69) is 10.2 Å². The molecule has 1 aliphatic heterocycles. The minimum Gasteiger partial charge on any atom is -0.468 e. The number of likely N-dealkylation sites (N-methyl/N-ethyl adjacent to an activating group) is 1. The summed E-state index contributed by atoms with van der Waals surface area (Å²) in [6.07, 6.45) is 5.09. The topological polar surface area (TPSA) is 41.6 Å². The van der Waals surface area contributed by atoms with Crippen molar-refractivity contribution in [3.05, 3.63) is 0 Å². The van der Waals surface area contributed by atoms with Crippen LogP contribution in [0.5, 0.6) is 0 Å². The molecule has 4 nitrogen and oxygen atoms in total. The number of fused-ring (bicyclic) bond motifs is 1. The predicted octanol–water partition coefficient (Wildman–Crippen LogP) is 0.869. The van der Waals surface area contributed by atoms with Crippen molar-refractivity contribution in [1.82, 2.24) is 10.2 Å². The van der Waals surface area contributed by atoms with Crippen molar-refractivity contribution in [1.29, 1.82) is 0 Å². The summed E-state index contributed by atoms with van der Waals surface area (Å²) >= 11 is 0. The lowest BCUT2D eigenvalue weighted by Crippen LogP contribution is -2.38. The molecule has 2 aliphatic rings.